The highest BCUT2D eigenvalue weighted by molar-refractivity contribution is 5.93. The van der Waals surface area contributed by atoms with E-state index in [1.165, 1.54) is 10.9 Å². The van der Waals surface area contributed by atoms with E-state index in [1.54, 1.807) is 6.20 Å². The van der Waals surface area contributed by atoms with Crippen LogP contribution in [-0.4, -0.2) is 53.1 Å². The van der Waals surface area contributed by atoms with Crippen molar-refractivity contribution in [1.29, 1.82) is 0 Å². The van der Waals surface area contributed by atoms with E-state index in [0.717, 1.165) is 61.4 Å². The van der Waals surface area contributed by atoms with E-state index < -0.39 is 0 Å². The van der Waals surface area contributed by atoms with Gasteiger partial charge in [0.15, 0.2) is 5.82 Å². The number of carbonyl (C=O) groups excluding carboxylic acids is 2. The van der Waals surface area contributed by atoms with Crippen molar-refractivity contribution in [2.45, 2.75) is 31.6 Å². The maximum absolute atomic E-state index is 13.1. The lowest BCUT2D eigenvalue weighted by Gasteiger charge is -2.32. The van der Waals surface area contributed by atoms with Crippen LogP contribution in [0.15, 0.2) is 85.1 Å². The van der Waals surface area contributed by atoms with Gasteiger partial charge in [-0.1, -0.05) is 54.6 Å². The van der Waals surface area contributed by atoms with Crippen molar-refractivity contribution in [3.05, 3.63) is 96.2 Å². The van der Waals surface area contributed by atoms with Crippen molar-refractivity contribution in [2.24, 2.45) is 5.92 Å². The molecule has 2 amide bonds. The molecule has 2 aliphatic heterocycles. The predicted molar refractivity (Wildman–Crippen MR) is 154 cm³/mol. The van der Waals surface area contributed by atoms with E-state index >= 15 is 0 Å². The summed E-state index contributed by atoms with van der Waals surface area (Å²) < 4.78 is 0. The fourth-order valence-corrected chi connectivity index (χ4v) is 5.91. The first kappa shape index (κ1) is 25.0. The molecule has 3 aromatic carbocycles. The summed E-state index contributed by atoms with van der Waals surface area (Å²) in [5.74, 6) is 1.42. The van der Waals surface area contributed by atoms with Gasteiger partial charge in [-0.2, -0.15) is 5.10 Å². The Labute approximate surface area is 228 Å². The lowest BCUT2D eigenvalue weighted by Crippen LogP contribution is -2.38. The highest BCUT2D eigenvalue weighted by atomic mass is 16.2. The molecule has 1 unspecified atom stereocenters. The molecule has 1 N–H and O–H groups in total. The molecule has 0 radical (unpaired) electrons. The highest BCUT2D eigenvalue weighted by Gasteiger charge is 2.29. The Morgan fingerprint density at radius 1 is 0.846 bits per heavy atom. The van der Waals surface area contributed by atoms with E-state index in [9.17, 15) is 9.59 Å². The molecule has 0 spiro atoms. The van der Waals surface area contributed by atoms with Crippen LogP contribution in [0.2, 0.25) is 0 Å². The van der Waals surface area contributed by atoms with Crippen molar-refractivity contribution in [3.63, 3.8) is 0 Å². The van der Waals surface area contributed by atoms with Gasteiger partial charge < -0.3 is 15.1 Å². The summed E-state index contributed by atoms with van der Waals surface area (Å²) in [5.41, 5.74) is 3.19. The van der Waals surface area contributed by atoms with Crippen LogP contribution < -0.4 is 10.2 Å². The third-order valence-electron chi connectivity index (χ3n) is 8.16. The first-order valence-corrected chi connectivity index (χ1v) is 13.8. The summed E-state index contributed by atoms with van der Waals surface area (Å²) >= 11 is 0. The fraction of sp³-hybridized carbons (Fsp3) is 0.312. The molecule has 3 heterocycles. The number of rotatable bonds is 6. The van der Waals surface area contributed by atoms with Gasteiger partial charge in [0.25, 0.3) is 0 Å². The number of nitrogens with one attached hydrogen (secondary N) is 1. The zero-order valence-electron chi connectivity index (χ0n) is 22.0. The minimum atomic E-state index is -0.0672. The molecule has 0 bridgehead atoms. The molecule has 0 saturated carbocycles. The van der Waals surface area contributed by atoms with Crippen LogP contribution >= 0.6 is 0 Å². The van der Waals surface area contributed by atoms with E-state index in [4.69, 9.17) is 0 Å². The molecule has 2 aliphatic rings. The lowest BCUT2D eigenvalue weighted by atomic mass is 9.89. The number of anilines is 2. The number of aromatic nitrogens is 2. The normalized spacial score (nSPS) is 17.9. The van der Waals surface area contributed by atoms with Gasteiger partial charge in [0.2, 0.25) is 11.8 Å². The summed E-state index contributed by atoms with van der Waals surface area (Å²) in [4.78, 5) is 30.1. The smallest absolute Gasteiger partial charge is 0.229 e. The molecule has 2 saturated heterocycles. The Morgan fingerprint density at radius 3 is 2.44 bits per heavy atom. The van der Waals surface area contributed by atoms with Crippen LogP contribution in [0, 0.1) is 5.92 Å². The van der Waals surface area contributed by atoms with E-state index in [0.29, 0.717) is 18.9 Å². The van der Waals surface area contributed by atoms with E-state index in [1.807, 2.05) is 47.4 Å². The van der Waals surface area contributed by atoms with Gasteiger partial charge in [-0.05, 0) is 71.3 Å². The molecule has 0 aliphatic carbocycles. The number of piperidine rings is 1. The van der Waals surface area contributed by atoms with Gasteiger partial charge in [0, 0.05) is 38.1 Å². The Morgan fingerprint density at radius 2 is 1.64 bits per heavy atom. The molecular formula is C32H33N5O2. The minimum Gasteiger partial charge on any atom is -0.354 e. The highest BCUT2D eigenvalue weighted by Crippen LogP contribution is 2.30. The second-order valence-corrected chi connectivity index (χ2v) is 10.6. The molecule has 1 aromatic heterocycles. The fourth-order valence-electron chi connectivity index (χ4n) is 5.91. The summed E-state index contributed by atoms with van der Waals surface area (Å²) in [6.07, 6.45) is 4.81. The van der Waals surface area contributed by atoms with Crippen molar-refractivity contribution in [1.82, 2.24) is 15.1 Å². The van der Waals surface area contributed by atoms with E-state index in [2.05, 4.69) is 56.8 Å². The average molecular weight is 520 g/mol. The quantitative estimate of drug-likeness (QED) is 0.386. The van der Waals surface area contributed by atoms with E-state index in [-0.39, 0.29) is 17.7 Å². The van der Waals surface area contributed by atoms with Gasteiger partial charge in [0.1, 0.15) is 0 Å². The van der Waals surface area contributed by atoms with Gasteiger partial charge in [0.05, 0.1) is 12.3 Å². The summed E-state index contributed by atoms with van der Waals surface area (Å²) in [7, 11) is 0. The number of hydrogen-bond donors (Lipinski definition) is 1. The zero-order chi connectivity index (χ0) is 26.6. The standard InChI is InChI=1S/C32H33N5O2/c38-31(21-26-7-3-6-25-5-1-2-8-29(25)26)36-18-14-24(15-19-36)23-10-12-28(13-11-23)34-32(39)27-16-20-37(22-27)30-9-4-17-33-35-30/h1-13,17,24,27H,14-16,18-22H2,(H,34,39). The molecule has 6 rings (SSSR count). The molecule has 39 heavy (non-hydrogen) atoms. The van der Waals surface area contributed by atoms with Crippen LogP contribution in [0.25, 0.3) is 10.8 Å². The van der Waals surface area contributed by atoms with Crippen LogP contribution in [0.1, 0.15) is 36.3 Å². The lowest BCUT2D eigenvalue weighted by molar-refractivity contribution is -0.131. The van der Waals surface area contributed by atoms with Crippen molar-refractivity contribution in [2.75, 3.05) is 36.4 Å². The molecule has 2 fully saturated rings. The molecular weight excluding hydrogens is 486 g/mol. The molecule has 7 heteroatoms. The molecule has 198 valence electrons. The second kappa shape index (κ2) is 11.2. The van der Waals surface area contributed by atoms with Crippen molar-refractivity contribution >= 4 is 34.1 Å². The van der Waals surface area contributed by atoms with Gasteiger partial charge in [-0.3, -0.25) is 9.59 Å². The number of benzene rings is 3. The SMILES string of the molecule is O=C(Nc1ccc(C2CCN(C(=O)Cc3cccc4ccccc34)CC2)cc1)C1CCN(c2cccnn2)C1. The number of amides is 2. The second-order valence-electron chi connectivity index (χ2n) is 10.6. The van der Waals surface area contributed by atoms with Gasteiger partial charge >= 0.3 is 0 Å². The zero-order valence-corrected chi connectivity index (χ0v) is 22.0. The Balaban J connectivity index is 0.997. The number of carbonyl (C=O) groups is 2. The molecule has 1 atom stereocenters. The Bertz CT molecular complexity index is 1440. The Kier molecular flexibility index (Phi) is 7.21. The third-order valence-corrected chi connectivity index (χ3v) is 8.16. The first-order chi connectivity index (χ1) is 19.1. The van der Waals surface area contributed by atoms with Crippen LogP contribution in [0.5, 0.6) is 0 Å². The minimum absolute atomic E-state index is 0.0483. The summed E-state index contributed by atoms with van der Waals surface area (Å²) in [5, 5.41) is 13.5. The summed E-state index contributed by atoms with van der Waals surface area (Å²) in [6, 6.07) is 26.5. The van der Waals surface area contributed by atoms with Crippen LogP contribution in [0.4, 0.5) is 11.5 Å². The van der Waals surface area contributed by atoms with Crippen LogP contribution in [-0.2, 0) is 16.0 Å². The maximum Gasteiger partial charge on any atom is 0.229 e. The largest absolute Gasteiger partial charge is 0.354 e. The average Bonchev–Trinajstić information content (AvgIpc) is 3.49. The number of nitrogens with zero attached hydrogens (tertiary/aromatic N) is 4. The molecule has 7 nitrogen and oxygen atoms in total. The number of fused-ring (bicyclic) bond motifs is 1. The van der Waals surface area contributed by atoms with Crippen LogP contribution in [0.3, 0.4) is 0 Å². The Hall–Kier alpha value is -4.26. The third kappa shape index (κ3) is 5.62. The van der Waals surface area contributed by atoms with Crippen molar-refractivity contribution in [3.8, 4) is 0 Å². The predicted octanol–water partition coefficient (Wildman–Crippen LogP) is 5.04. The first-order valence-electron chi connectivity index (χ1n) is 13.8. The number of likely N-dealkylation sites (tertiary alicyclic amines) is 1. The molecule has 4 aromatic rings. The monoisotopic (exact) mass is 519 g/mol. The maximum atomic E-state index is 13.1. The van der Waals surface area contributed by atoms with Crippen molar-refractivity contribution < 1.29 is 9.59 Å². The summed E-state index contributed by atoms with van der Waals surface area (Å²) in [6.45, 7) is 3.01. The van der Waals surface area contributed by atoms with Gasteiger partial charge in [-0.25, -0.2) is 0 Å². The number of hydrogen-bond acceptors (Lipinski definition) is 5. The topological polar surface area (TPSA) is 78.4 Å². The van der Waals surface area contributed by atoms with Gasteiger partial charge in [-0.15, -0.1) is 5.10 Å².